The Morgan fingerprint density at radius 1 is 0.783 bits per heavy atom. The second-order valence-corrected chi connectivity index (χ2v) is 6.28. The third-order valence-corrected chi connectivity index (χ3v) is 3.82. The van der Waals surface area contributed by atoms with E-state index in [0.29, 0.717) is 32.3 Å². The molecule has 0 aliphatic heterocycles. The number of hydrogen-bond acceptors (Lipinski definition) is 4. The Balaban J connectivity index is 3.49. The SMILES string of the molecule is CCCCCCC(C)OC(=O)CCCCC(=O)OCCCCC. The summed E-state index contributed by atoms with van der Waals surface area (Å²) in [5.74, 6) is -0.303. The number of carbonyl (C=O) groups excluding carboxylic acids is 2. The smallest absolute Gasteiger partial charge is 0.306 e. The average Bonchev–Trinajstić information content (AvgIpc) is 2.52. The lowest BCUT2D eigenvalue weighted by Gasteiger charge is -2.13. The number of unbranched alkanes of at least 4 members (excludes halogenated alkanes) is 6. The molecule has 0 N–H and O–H groups in total. The van der Waals surface area contributed by atoms with Crippen LogP contribution >= 0.6 is 0 Å². The van der Waals surface area contributed by atoms with E-state index in [4.69, 9.17) is 9.47 Å². The minimum atomic E-state index is -0.154. The minimum absolute atomic E-state index is 0.00267. The van der Waals surface area contributed by atoms with Crippen LogP contribution in [-0.4, -0.2) is 24.6 Å². The van der Waals surface area contributed by atoms with Gasteiger partial charge in [-0.05, 0) is 39.0 Å². The minimum Gasteiger partial charge on any atom is -0.466 e. The Labute approximate surface area is 142 Å². The zero-order valence-electron chi connectivity index (χ0n) is 15.4. The number of rotatable bonds is 15. The second-order valence-electron chi connectivity index (χ2n) is 6.28. The van der Waals surface area contributed by atoms with E-state index >= 15 is 0 Å². The molecule has 0 aromatic carbocycles. The van der Waals surface area contributed by atoms with Crippen LogP contribution in [0.2, 0.25) is 0 Å². The highest BCUT2D eigenvalue weighted by atomic mass is 16.5. The monoisotopic (exact) mass is 328 g/mol. The van der Waals surface area contributed by atoms with Crippen molar-refractivity contribution in [2.24, 2.45) is 0 Å². The first kappa shape index (κ1) is 21.9. The highest BCUT2D eigenvalue weighted by Crippen LogP contribution is 2.10. The molecule has 0 heterocycles. The van der Waals surface area contributed by atoms with Gasteiger partial charge in [-0.25, -0.2) is 0 Å². The van der Waals surface area contributed by atoms with Gasteiger partial charge in [0.25, 0.3) is 0 Å². The molecule has 136 valence electrons. The predicted octanol–water partition coefficient (Wildman–Crippen LogP) is 5.18. The summed E-state index contributed by atoms with van der Waals surface area (Å²) in [6.45, 7) is 6.78. The van der Waals surface area contributed by atoms with Gasteiger partial charge in [0, 0.05) is 12.8 Å². The molecular formula is C19H36O4. The number of carbonyl (C=O) groups is 2. The third-order valence-electron chi connectivity index (χ3n) is 3.82. The fraction of sp³-hybridized carbons (Fsp3) is 0.895. The molecule has 1 atom stereocenters. The standard InChI is InChI=1S/C19H36O4/c1-4-6-8-9-13-17(3)23-19(21)15-11-10-14-18(20)22-16-12-7-5-2/h17H,4-16H2,1-3H3. The van der Waals surface area contributed by atoms with Crippen molar-refractivity contribution in [3.8, 4) is 0 Å². The molecule has 0 aromatic heterocycles. The average molecular weight is 328 g/mol. The largest absolute Gasteiger partial charge is 0.466 e. The number of esters is 2. The maximum absolute atomic E-state index is 11.7. The molecule has 4 nitrogen and oxygen atoms in total. The molecule has 0 aliphatic carbocycles. The van der Waals surface area contributed by atoms with Crippen LogP contribution in [0.5, 0.6) is 0 Å². The molecule has 0 fully saturated rings. The molecule has 1 unspecified atom stereocenters. The van der Waals surface area contributed by atoms with Gasteiger partial charge < -0.3 is 9.47 Å². The van der Waals surface area contributed by atoms with Crippen LogP contribution in [0, 0.1) is 0 Å². The second kappa shape index (κ2) is 15.8. The van der Waals surface area contributed by atoms with E-state index in [1.165, 1.54) is 19.3 Å². The molecule has 23 heavy (non-hydrogen) atoms. The predicted molar refractivity (Wildman–Crippen MR) is 93.3 cm³/mol. The zero-order valence-corrected chi connectivity index (χ0v) is 15.4. The first-order chi connectivity index (χ1) is 11.1. The third kappa shape index (κ3) is 15.6. The van der Waals surface area contributed by atoms with E-state index < -0.39 is 0 Å². The topological polar surface area (TPSA) is 52.6 Å². The molecule has 0 aromatic rings. The first-order valence-corrected chi connectivity index (χ1v) is 9.45. The lowest BCUT2D eigenvalue weighted by atomic mass is 10.1. The number of ether oxygens (including phenoxy) is 2. The lowest BCUT2D eigenvalue weighted by molar-refractivity contribution is -0.149. The van der Waals surface area contributed by atoms with E-state index in [0.717, 1.165) is 32.1 Å². The molecule has 0 rings (SSSR count). The van der Waals surface area contributed by atoms with Crippen LogP contribution in [0.25, 0.3) is 0 Å². The van der Waals surface area contributed by atoms with Gasteiger partial charge >= 0.3 is 11.9 Å². The van der Waals surface area contributed by atoms with Gasteiger partial charge in [0.1, 0.15) is 0 Å². The Kier molecular flexibility index (Phi) is 15.1. The molecule has 0 aliphatic rings. The van der Waals surface area contributed by atoms with Crippen LogP contribution in [0.1, 0.15) is 97.8 Å². The summed E-state index contributed by atoms with van der Waals surface area (Å²) in [7, 11) is 0. The highest BCUT2D eigenvalue weighted by Gasteiger charge is 2.10. The summed E-state index contributed by atoms with van der Waals surface area (Å²) < 4.78 is 10.5. The van der Waals surface area contributed by atoms with Gasteiger partial charge in [-0.1, -0.05) is 46.0 Å². The Hall–Kier alpha value is -1.06. The van der Waals surface area contributed by atoms with Gasteiger partial charge in [0.2, 0.25) is 0 Å². The van der Waals surface area contributed by atoms with Gasteiger partial charge in [-0.15, -0.1) is 0 Å². The maximum atomic E-state index is 11.7. The van der Waals surface area contributed by atoms with E-state index in [1.807, 2.05) is 6.92 Å². The van der Waals surface area contributed by atoms with Crippen molar-refractivity contribution in [2.45, 2.75) is 104 Å². The van der Waals surface area contributed by atoms with Crippen LogP contribution < -0.4 is 0 Å². The Morgan fingerprint density at radius 2 is 1.39 bits per heavy atom. The fourth-order valence-electron chi connectivity index (χ4n) is 2.35. The maximum Gasteiger partial charge on any atom is 0.306 e. The molecule has 0 saturated carbocycles. The zero-order chi connectivity index (χ0) is 17.3. The molecular weight excluding hydrogens is 292 g/mol. The Bertz CT molecular complexity index is 302. The lowest BCUT2D eigenvalue weighted by Crippen LogP contribution is -2.14. The van der Waals surface area contributed by atoms with E-state index in [9.17, 15) is 9.59 Å². The van der Waals surface area contributed by atoms with Crippen LogP contribution in [-0.2, 0) is 19.1 Å². The van der Waals surface area contributed by atoms with E-state index in [-0.39, 0.29) is 18.0 Å². The van der Waals surface area contributed by atoms with Crippen molar-refractivity contribution in [1.82, 2.24) is 0 Å². The van der Waals surface area contributed by atoms with Crippen molar-refractivity contribution in [3.63, 3.8) is 0 Å². The van der Waals surface area contributed by atoms with Crippen LogP contribution in [0.3, 0.4) is 0 Å². The van der Waals surface area contributed by atoms with Gasteiger partial charge in [-0.3, -0.25) is 9.59 Å². The van der Waals surface area contributed by atoms with Gasteiger partial charge in [-0.2, -0.15) is 0 Å². The van der Waals surface area contributed by atoms with Gasteiger partial charge in [0.05, 0.1) is 12.7 Å². The van der Waals surface area contributed by atoms with Crippen molar-refractivity contribution in [1.29, 1.82) is 0 Å². The van der Waals surface area contributed by atoms with Crippen LogP contribution in [0.15, 0.2) is 0 Å². The van der Waals surface area contributed by atoms with E-state index in [1.54, 1.807) is 0 Å². The molecule has 0 saturated heterocycles. The summed E-state index contributed by atoms with van der Waals surface area (Å²) in [5.41, 5.74) is 0. The fourth-order valence-corrected chi connectivity index (χ4v) is 2.35. The molecule has 4 heteroatoms. The molecule has 0 bridgehead atoms. The summed E-state index contributed by atoms with van der Waals surface area (Å²) in [5, 5.41) is 0. The normalized spacial score (nSPS) is 12.0. The van der Waals surface area contributed by atoms with Crippen LogP contribution in [0.4, 0.5) is 0 Å². The summed E-state index contributed by atoms with van der Waals surface area (Å²) in [6.07, 6.45) is 11.0. The van der Waals surface area contributed by atoms with Crippen molar-refractivity contribution in [3.05, 3.63) is 0 Å². The summed E-state index contributed by atoms with van der Waals surface area (Å²) in [4.78, 5) is 23.2. The summed E-state index contributed by atoms with van der Waals surface area (Å²) in [6, 6.07) is 0. The first-order valence-electron chi connectivity index (χ1n) is 9.45. The van der Waals surface area contributed by atoms with Crippen molar-refractivity contribution >= 4 is 11.9 Å². The van der Waals surface area contributed by atoms with Crippen molar-refractivity contribution in [2.75, 3.05) is 6.61 Å². The molecule has 0 amide bonds. The quantitative estimate of drug-likeness (QED) is 0.307. The van der Waals surface area contributed by atoms with Gasteiger partial charge in [0.15, 0.2) is 0 Å². The molecule has 0 spiro atoms. The highest BCUT2D eigenvalue weighted by molar-refractivity contribution is 5.70. The Morgan fingerprint density at radius 3 is 2.04 bits per heavy atom. The van der Waals surface area contributed by atoms with E-state index in [2.05, 4.69) is 13.8 Å². The summed E-state index contributed by atoms with van der Waals surface area (Å²) >= 11 is 0. The van der Waals surface area contributed by atoms with Crippen molar-refractivity contribution < 1.29 is 19.1 Å². The molecule has 0 radical (unpaired) electrons. The number of hydrogen-bond donors (Lipinski definition) is 0.